The lowest BCUT2D eigenvalue weighted by atomic mass is 10.1. The zero-order chi connectivity index (χ0) is 11.7. The molecule has 2 heterocycles. The van der Waals surface area contributed by atoms with Gasteiger partial charge in [0, 0.05) is 28.7 Å². The maximum atomic E-state index is 10.9. The molecule has 0 atom stereocenters. The van der Waals surface area contributed by atoms with Crippen molar-refractivity contribution in [2.45, 2.75) is 6.54 Å². The van der Waals surface area contributed by atoms with E-state index in [1.54, 1.807) is 6.20 Å². The minimum atomic E-state index is 0.617. The summed E-state index contributed by atoms with van der Waals surface area (Å²) in [4.78, 5) is 10.9. The van der Waals surface area contributed by atoms with Crippen LogP contribution in [-0.2, 0) is 6.54 Å². The van der Waals surface area contributed by atoms with Crippen LogP contribution in [-0.4, -0.2) is 16.0 Å². The lowest BCUT2D eigenvalue weighted by Gasteiger charge is -2.02. The first-order valence-electron chi connectivity index (χ1n) is 5.31. The number of benzene rings is 1. The summed E-state index contributed by atoms with van der Waals surface area (Å²) in [5.41, 5.74) is 1.73. The highest BCUT2D eigenvalue weighted by Gasteiger charge is 2.06. The average Bonchev–Trinajstić information content (AvgIpc) is 2.99. The van der Waals surface area contributed by atoms with E-state index >= 15 is 0 Å². The number of fused-ring (bicyclic) bond motifs is 1. The fourth-order valence-corrected chi connectivity index (χ4v) is 1.98. The zero-order valence-electron chi connectivity index (χ0n) is 9.04. The summed E-state index contributed by atoms with van der Waals surface area (Å²) < 4.78 is 7.10. The van der Waals surface area contributed by atoms with Gasteiger partial charge in [0.1, 0.15) is 0 Å². The molecule has 0 bridgehead atoms. The quantitative estimate of drug-likeness (QED) is 0.644. The Hall–Kier alpha value is -2.36. The molecule has 0 amide bonds. The summed E-state index contributed by atoms with van der Waals surface area (Å²) in [6.07, 6.45) is 4.44. The second kappa shape index (κ2) is 3.90. The summed E-state index contributed by atoms with van der Waals surface area (Å²) in [5.74, 6) is 0.791. The van der Waals surface area contributed by atoms with Gasteiger partial charge in [-0.1, -0.05) is 17.3 Å². The number of hydrogen-bond donors (Lipinski definition) is 0. The molecule has 0 aliphatic carbocycles. The first kappa shape index (κ1) is 9.84. The number of aldehydes is 1. The van der Waals surface area contributed by atoms with E-state index in [-0.39, 0.29) is 0 Å². The van der Waals surface area contributed by atoms with Crippen molar-refractivity contribution in [2.75, 3.05) is 0 Å². The summed E-state index contributed by atoms with van der Waals surface area (Å²) in [6.45, 7) is 0.617. The van der Waals surface area contributed by atoms with Crippen LogP contribution >= 0.6 is 0 Å². The number of carbonyl (C=O) groups is 1. The predicted octanol–water partition coefficient (Wildman–Crippen LogP) is 2.49. The van der Waals surface area contributed by atoms with Crippen LogP contribution in [0.4, 0.5) is 0 Å². The van der Waals surface area contributed by atoms with E-state index in [4.69, 9.17) is 4.52 Å². The van der Waals surface area contributed by atoms with Crippen LogP contribution in [0.5, 0.6) is 0 Å². The second-order valence-corrected chi connectivity index (χ2v) is 3.82. The standard InChI is InChI=1S/C13H10N2O2/c16-9-10-2-1-3-13-12(10)5-7-15(13)8-11-4-6-14-17-11/h1-7,9H,8H2. The molecular weight excluding hydrogens is 216 g/mol. The van der Waals surface area contributed by atoms with E-state index in [9.17, 15) is 4.79 Å². The highest BCUT2D eigenvalue weighted by molar-refractivity contribution is 5.97. The van der Waals surface area contributed by atoms with Crippen molar-refractivity contribution >= 4 is 17.2 Å². The van der Waals surface area contributed by atoms with Crippen LogP contribution in [0.2, 0.25) is 0 Å². The van der Waals surface area contributed by atoms with E-state index in [0.29, 0.717) is 12.1 Å². The van der Waals surface area contributed by atoms with Crippen LogP contribution in [0.25, 0.3) is 10.9 Å². The smallest absolute Gasteiger partial charge is 0.156 e. The Morgan fingerprint density at radius 2 is 2.24 bits per heavy atom. The topological polar surface area (TPSA) is 48.0 Å². The van der Waals surface area contributed by atoms with Gasteiger partial charge in [0.05, 0.1) is 12.7 Å². The van der Waals surface area contributed by atoms with E-state index in [1.807, 2.05) is 41.1 Å². The summed E-state index contributed by atoms with van der Waals surface area (Å²) >= 11 is 0. The van der Waals surface area contributed by atoms with Crippen molar-refractivity contribution in [1.82, 2.24) is 9.72 Å². The largest absolute Gasteiger partial charge is 0.359 e. The Bertz CT molecular complexity index is 653. The SMILES string of the molecule is O=Cc1cccc2c1ccn2Cc1ccno1. The van der Waals surface area contributed by atoms with Gasteiger partial charge in [-0.25, -0.2) is 0 Å². The van der Waals surface area contributed by atoms with Crippen molar-refractivity contribution < 1.29 is 9.32 Å². The second-order valence-electron chi connectivity index (χ2n) is 3.82. The number of hydrogen-bond acceptors (Lipinski definition) is 3. The predicted molar refractivity (Wildman–Crippen MR) is 62.9 cm³/mol. The molecule has 0 N–H and O–H groups in total. The molecule has 0 unspecified atom stereocenters. The van der Waals surface area contributed by atoms with Crippen LogP contribution in [0.1, 0.15) is 16.1 Å². The van der Waals surface area contributed by atoms with Crippen LogP contribution < -0.4 is 0 Å². The van der Waals surface area contributed by atoms with Crippen LogP contribution in [0, 0.1) is 0 Å². The summed E-state index contributed by atoms with van der Waals surface area (Å²) in [7, 11) is 0. The zero-order valence-corrected chi connectivity index (χ0v) is 9.04. The Kier molecular flexibility index (Phi) is 2.26. The lowest BCUT2D eigenvalue weighted by Crippen LogP contribution is -1.96. The summed E-state index contributed by atoms with van der Waals surface area (Å²) in [6, 6.07) is 9.45. The molecule has 0 saturated heterocycles. The third-order valence-corrected chi connectivity index (χ3v) is 2.79. The normalized spacial score (nSPS) is 10.8. The molecule has 4 nitrogen and oxygen atoms in total. The van der Waals surface area contributed by atoms with Crippen molar-refractivity contribution in [2.24, 2.45) is 0 Å². The van der Waals surface area contributed by atoms with Crippen LogP contribution in [0.3, 0.4) is 0 Å². The third-order valence-electron chi connectivity index (χ3n) is 2.79. The van der Waals surface area contributed by atoms with Crippen molar-refractivity contribution in [3.8, 4) is 0 Å². The molecule has 0 saturated carbocycles. The Morgan fingerprint density at radius 1 is 1.29 bits per heavy atom. The number of nitrogens with zero attached hydrogens (tertiary/aromatic N) is 2. The molecule has 0 radical (unpaired) electrons. The number of aromatic nitrogens is 2. The molecular formula is C13H10N2O2. The molecule has 0 aliphatic rings. The highest BCUT2D eigenvalue weighted by Crippen LogP contribution is 2.20. The van der Waals surface area contributed by atoms with Gasteiger partial charge < -0.3 is 9.09 Å². The van der Waals surface area contributed by atoms with Gasteiger partial charge in [0.2, 0.25) is 0 Å². The van der Waals surface area contributed by atoms with Gasteiger partial charge in [-0.3, -0.25) is 4.79 Å². The molecule has 1 aromatic carbocycles. The van der Waals surface area contributed by atoms with Gasteiger partial charge in [-0.15, -0.1) is 0 Å². The van der Waals surface area contributed by atoms with E-state index in [0.717, 1.165) is 22.9 Å². The maximum Gasteiger partial charge on any atom is 0.156 e. The number of rotatable bonds is 3. The van der Waals surface area contributed by atoms with Gasteiger partial charge in [-0.2, -0.15) is 0 Å². The first-order valence-corrected chi connectivity index (χ1v) is 5.31. The monoisotopic (exact) mass is 226 g/mol. The highest BCUT2D eigenvalue weighted by atomic mass is 16.5. The van der Waals surface area contributed by atoms with Crippen molar-refractivity contribution in [1.29, 1.82) is 0 Å². The van der Waals surface area contributed by atoms with Gasteiger partial charge in [-0.05, 0) is 12.1 Å². The van der Waals surface area contributed by atoms with E-state index in [1.165, 1.54) is 0 Å². The van der Waals surface area contributed by atoms with E-state index < -0.39 is 0 Å². The van der Waals surface area contributed by atoms with Crippen molar-refractivity contribution in [3.05, 3.63) is 54.0 Å². The molecule has 17 heavy (non-hydrogen) atoms. The van der Waals surface area contributed by atoms with E-state index in [2.05, 4.69) is 5.16 Å². The Labute approximate surface area is 97.4 Å². The average molecular weight is 226 g/mol. The molecule has 0 spiro atoms. The molecule has 0 fully saturated rings. The maximum absolute atomic E-state index is 10.9. The van der Waals surface area contributed by atoms with Crippen LogP contribution in [0.15, 0.2) is 47.2 Å². The van der Waals surface area contributed by atoms with Crippen molar-refractivity contribution in [3.63, 3.8) is 0 Å². The summed E-state index contributed by atoms with van der Waals surface area (Å²) in [5, 5.41) is 4.63. The molecule has 3 rings (SSSR count). The fraction of sp³-hybridized carbons (Fsp3) is 0.0769. The lowest BCUT2D eigenvalue weighted by molar-refractivity contribution is 0.112. The molecule has 84 valence electrons. The third kappa shape index (κ3) is 1.63. The Morgan fingerprint density at radius 3 is 3.00 bits per heavy atom. The molecule has 3 aromatic rings. The fourth-order valence-electron chi connectivity index (χ4n) is 1.98. The van der Waals surface area contributed by atoms with Gasteiger partial charge >= 0.3 is 0 Å². The molecule has 2 aromatic heterocycles. The minimum Gasteiger partial charge on any atom is -0.359 e. The molecule has 0 aliphatic heterocycles. The molecule has 4 heteroatoms. The number of carbonyl (C=O) groups excluding carboxylic acids is 1. The van der Waals surface area contributed by atoms with Gasteiger partial charge in [0.25, 0.3) is 0 Å². The first-order chi connectivity index (χ1) is 8.38. The Balaban J connectivity index is 2.09. The minimum absolute atomic E-state index is 0.617. The van der Waals surface area contributed by atoms with Gasteiger partial charge in [0.15, 0.2) is 12.0 Å².